The fourth-order valence-electron chi connectivity index (χ4n) is 4.27. The van der Waals surface area contributed by atoms with E-state index in [2.05, 4.69) is 5.16 Å². The van der Waals surface area contributed by atoms with Gasteiger partial charge in [0.2, 0.25) is 21.8 Å². The molecule has 2 saturated heterocycles. The second-order valence-corrected chi connectivity index (χ2v) is 9.87. The Balaban J connectivity index is 1.40. The minimum absolute atomic E-state index is 0.0767. The van der Waals surface area contributed by atoms with Crippen molar-refractivity contribution in [1.82, 2.24) is 19.3 Å². The van der Waals surface area contributed by atoms with Crippen LogP contribution in [0.15, 0.2) is 32.2 Å². The Morgan fingerprint density at radius 3 is 2.71 bits per heavy atom. The van der Waals surface area contributed by atoms with Gasteiger partial charge in [0.25, 0.3) is 0 Å². The zero-order valence-corrected chi connectivity index (χ0v) is 18.4. The van der Waals surface area contributed by atoms with Crippen LogP contribution in [0.2, 0.25) is 0 Å². The van der Waals surface area contributed by atoms with Gasteiger partial charge in [-0.1, -0.05) is 5.16 Å². The van der Waals surface area contributed by atoms with Gasteiger partial charge in [-0.3, -0.25) is 9.59 Å². The minimum Gasteiger partial charge on any atom is -0.467 e. The van der Waals surface area contributed by atoms with E-state index in [0.29, 0.717) is 44.1 Å². The van der Waals surface area contributed by atoms with Crippen LogP contribution in [0.3, 0.4) is 0 Å². The van der Waals surface area contributed by atoms with Gasteiger partial charge in [0.05, 0.1) is 18.7 Å². The average Bonchev–Trinajstić information content (AvgIpc) is 3.39. The Kier molecular flexibility index (Phi) is 5.89. The predicted octanol–water partition coefficient (Wildman–Crippen LogP) is 1.16. The van der Waals surface area contributed by atoms with Crippen molar-refractivity contribution >= 4 is 21.8 Å². The Labute approximate surface area is 180 Å². The smallest absolute Gasteiger partial charge is 0.248 e. The Morgan fingerprint density at radius 2 is 2.03 bits per heavy atom. The molecule has 0 aromatic carbocycles. The fourth-order valence-corrected chi connectivity index (χ4v) is 6.03. The summed E-state index contributed by atoms with van der Waals surface area (Å²) in [5, 5.41) is 3.75. The lowest BCUT2D eigenvalue weighted by molar-refractivity contribution is -0.135. The quantitative estimate of drug-likeness (QED) is 0.671. The monoisotopic (exact) mass is 450 g/mol. The van der Waals surface area contributed by atoms with Crippen LogP contribution >= 0.6 is 0 Å². The van der Waals surface area contributed by atoms with Crippen molar-refractivity contribution in [2.75, 3.05) is 32.7 Å². The topological polar surface area (TPSA) is 117 Å². The number of aromatic nitrogens is 1. The van der Waals surface area contributed by atoms with E-state index in [1.54, 1.807) is 42.0 Å². The summed E-state index contributed by atoms with van der Waals surface area (Å²) in [6, 6.07) is 3.56. The molecule has 168 valence electrons. The molecule has 1 atom stereocenters. The van der Waals surface area contributed by atoms with E-state index in [4.69, 9.17) is 8.94 Å². The summed E-state index contributed by atoms with van der Waals surface area (Å²) in [5.74, 6) is 0.333. The maximum atomic E-state index is 13.1. The summed E-state index contributed by atoms with van der Waals surface area (Å²) >= 11 is 0. The number of aryl methyl sites for hydroxylation is 2. The molecule has 2 aromatic rings. The summed E-state index contributed by atoms with van der Waals surface area (Å²) < 4.78 is 37.9. The Bertz CT molecular complexity index is 1040. The third-order valence-corrected chi connectivity index (χ3v) is 7.97. The number of hydrogen-bond donors (Lipinski definition) is 0. The standard InChI is InChI=1S/C20H26N4O6S/c1-14-19(15(2)30-21-14)31(27,28)24-7-4-6-22(8-9-24)20(26)16-11-18(25)23(12-16)13-17-5-3-10-29-17/h3,5,10,16H,4,6-9,11-13H2,1-2H3. The molecule has 0 radical (unpaired) electrons. The van der Waals surface area contributed by atoms with E-state index < -0.39 is 15.9 Å². The van der Waals surface area contributed by atoms with Crippen molar-refractivity contribution in [2.24, 2.45) is 5.92 Å². The van der Waals surface area contributed by atoms with E-state index in [1.807, 2.05) is 0 Å². The molecule has 2 aliphatic rings. The molecule has 0 aliphatic carbocycles. The van der Waals surface area contributed by atoms with Crippen molar-refractivity contribution in [3.8, 4) is 0 Å². The summed E-state index contributed by atoms with van der Waals surface area (Å²) in [6.07, 6.45) is 2.24. The molecule has 2 aliphatic heterocycles. The highest BCUT2D eigenvalue weighted by Crippen LogP contribution is 2.26. The van der Waals surface area contributed by atoms with Crippen LogP contribution in [0.1, 0.15) is 30.1 Å². The molecular formula is C20H26N4O6S. The van der Waals surface area contributed by atoms with Crippen LogP contribution < -0.4 is 0 Å². The highest BCUT2D eigenvalue weighted by Gasteiger charge is 2.38. The normalized spacial score (nSPS) is 21.0. The SMILES string of the molecule is Cc1noc(C)c1S(=O)(=O)N1CCCN(C(=O)C2CC(=O)N(Cc3ccco3)C2)CC1. The van der Waals surface area contributed by atoms with E-state index in [-0.39, 0.29) is 42.0 Å². The second-order valence-electron chi connectivity index (χ2n) is 7.99. The third kappa shape index (κ3) is 4.24. The molecular weight excluding hydrogens is 424 g/mol. The Morgan fingerprint density at radius 1 is 1.23 bits per heavy atom. The maximum absolute atomic E-state index is 13.1. The van der Waals surface area contributed by atoms with Crippen molar-refractivity contribution in [2.45, 2.75) is 38.1 Å². The van der Waals surface area contributed by atoms with Gasteiger partial charge in [0.1, 0.15) is 16.3 Å². The van der Waals surface area contributed by atoms with E-state index in [1.165, 1.54) is 4.31 Å². The van der Waals surface area contributed by atoms with Gasteiger partial charge < -0.3 is 18.7 Å². The lowest BCUT2D eigenvalue weighted by atomic mass is 10.1. The lowest BCUT2D eigenvalue weighted by Crippen LogP contribution is -2.40. The summed E-state index contributed by atoms with van der Waals surface area (Å²) in [6.45, 7) is 5.10. The van der Waals surface area contributed by atoms with Crippen LogP contribution in [0.5, 0.6) is 0 Å². The molecule has 0 spiro atoms. The first-order chi connectivity index (χ1) is 14.8. The Hall–Kier alpha value is -2.66. The average molecular weight is 451 g/mol. The van der Waals surface area contributed by atoms with Gasteiger partial charge in [0, 0.05) is 39.1 Å². The molecule has 0 bridgehead atoms. The molecule has 2 fully saturated rings. The molecule has 31 heavy (non-hydrogen) atoms. The summed E-state index contributed by atoms with van der Waals surface area (Å²) in [4.78, 5) is 28.8. The van der Waals surface area contributed by atoms with Crippen molar-refractivity contribution in [3.05, 3.63) is 35.6 Å². The summed E-state index contributed by atoms with van der Waals surface area (Å²) in [7, 11) is -3.75. The third-order valence-electron chi connectivity index (χ3n) is 5.82. The predicted molar refractivity (Wildman–Crippen MR) is 108 cm³/mol. The molecule has 4 rings (SSSR count). The van der Waals surface area contributed by atoms with Gasteiger partial charge in [-0.25, -0.2) is 8.42 Å². The fraction of sp³-hybridized carbons (Fsp3) is 0.550. The lowest BCUT2D eigenvalue weighted by Gasteiger charge is -2.24. The summed E-state index contributed by atoms with van der Waals surface area (Å²) in [5.41, 5.74) is 0.329. The van der Waals surface area contributed by atoms with Crippen LogP contribution in [-0.2, 0) is 26.2 Å². The molecule has 10 nitrogen and oxygen atoms in total. The molecule has 0 saturated carbocycles. The van der Waals surface area contributed by atoms with Crippen LogP contribution in [0, 0.1) is 19.8 Å². The van der Waals surface area contributed by atoms with Gasteiger partial charge in [-0.15, -0.1) is 0 Å². The molecule has 0 N–H and O–H groups in total. The zero-order chi connectivity index (χ0) is 22.2. The van der Waals surface area contributed by atoms with Gasteiger partial charge >= 0.3 is 0 Å². The van der Waals surface area contributed by atoms with Gasteiger partial charge in [-0.05, 0) is 32.4 Å². The molecule has 2 aromatic heterocycles. The molecule has 2 amide bonds. The first kappa shape index (κ1) is 21.6. The largest absolute Gasteiger partial charge is 0.467 e. The van der Waals surface area contributed by atoms with E-state index >= 15 is 0 Å². The van der Waals surface area contributed by atoms with Crippen molar-refractivity contribution in [3.63, 3.8) is 0 Å². The number of hydrogen-bond acceptors (Lipinski definition) is 7. The number of carbonyl (C=O) groups excluding carboxylic acids is 2. The minimum atomic E-state index is -3.75. The van der Waals surface area contributed by atoms with Crippen LogP contribution in [0.25, 0.3) is 0 Å². The number of sulfonamides is 1. The second kappa shape index (κ2) is 8.46. The molecule has 1 unspecified atom stereocenters. The zero-order valence-electron chi connectivity index (χ0n) is 17.6. The van der Waals surface area contributed by atoms with Gasteiger partial charge in [0.15, 0.2) is 5.76 Å². The van der Waals surface area contributed by atoms with Crippen LogP contribution in [0.4, 0.5) is 0 Å². The van der Waals surface area contributed by atoms with Gasteiger partial charge in [-0.2, -0.15) is 4.31 Å². The number of amides is 2. The highest BCUT2D eigenvalue weighted by atomic mass is 32.2. The van der Waals surface area contributed by atoms with Crippen LogP contribution in [-0.4, -0.2) is 72.2 Å². The number of carbonyl (C=O) groups is 2. The maximum Gasteiger partial charge on any atom is 0.248 e. The first-order valence-corrected chi connectivity index (χ1v) is 11.7. The number of nitrogens with zero attached hydrogens (tertiary/aromatic N) is 4. The number of furan rings is 1. The first-order valence-electron chi connectivity index (χ1n) is 10.3. The highest BCUT2D eigenvalue weighted by molar-refractivity contribution is 7.89. The number of likely N-dealkylation sites (tertiary alicyclic amines) is 1. The van der Waals surface area contributed by atoms with Crippen molar-refractivity contribution in [1.29, 1.82) is 0 Å². The van der Waals surface area contributed by atoms with E-state index in [9.17, 15) is 18.0 Å². The number of rotatable bonds is 5. The molecule has 11 heteroatoms. The molecule has 4 heterocycles. The van der Waals surface area contributed by atoms with Crippen molar-refractivity contribution < 1.29 is 26.9 Å². The van der Waals surface area contributed by atoms with E-state index in [0.717, 1.165) is 0 Å².